The Morgan fingerprint density at radius 1 is 1.20 bits per heavy atom. The molecule has 2 rings (SSSR count). The van der Waals surface area contributed by atoms with Crippen molar-refractivity contribution in [2.24, 2.45) is 0 Å². The molecule has 0 aliphatic carbocycles. The van der Waals surface area contributed by atoms with E-state index in [1.165, 1.54) is 6.08 Å². The molecule has 0 radical (unpaired) electrons. The minimum Gasteiger partial charge on any atom is -0.465 e. The molecule has 1 amide bonds. The van der Waals surface area contributed by atoms with Gasteiger partial charge in [0.05, 0.1) is 6.26 Å². The van der Waals surface area contributed by atoms with Gasteiger partial charge < -0.3 is 9.73 Å². The molecule has 20 heavy (non-hydrogen) atoms. The quantitative estimate of drug-likeness (QED) is 0.670. The van der Waals surface area contributed by atoms with Crippen molar-refractivity contribution in [1.82, 2.24) is 10.6 Å². The molecule has 0 aliphatic heterocycles. The number of nitrogens with one attached hydrogen (secondary N) is 2. The zero-order valence-corrected chi connectivity index (χ0v) is 11.5. The standard InChI is InChI=1S/C15H14N2O2S/c18-14(9-8-13-7-4-10-19-13)17-15(20)16-11-12-5-2-1-3-6-12/h1-10H,11H2,(H2,16,17,18,20). The average Bonchev–Trinajstić information content (AvgIpc) is 2.97. The van der Waals surface area contributed by atoms with Crippen LogP contribution < -0.4 is 10.6 Å². The fourth-order valence-electron chi connectivity index (χ4n) is 1.52. The van der Waals surface area contributed by atoms with E-state index in [9.17, 15) is 4.79 Å². The van der Waals surface area contributed by atoms with E-state index in [4.69, 9.17) is 16.6 Å². The number of benzene rings is 1. The van der Waals surface area contributed by atoms with E-state index in [0.717, 1.165) is 5.56 Å². The van der Waals surface area contributed by atoms with Gasteiger partial charge in [-0.2, -0.15) is 0 Å². The van der Waals surface area contributed by atoms with E-state index >= 15 is 0 Å². The Morgan fingerprint density at radius 2 is 2.00 bits per heavy atom. The lowest BCUT2D eigenvalue weighted by atomic mass is 10.2. The molecule has 102 valence electrons. The molecule has 0 unspecified atom stereocenters. The van der Waals surface area contributed by atoms with Crippen molar-refractivity contribution in [2.75, 3.05) is 0 Å². The molecule has 2 aromatic rings. The van der Waals surface area contributed by atoms with Crippen LogP contribution in [0.3, 0.4) is 0 Å². The third-order valence-corrected chi connectivity index (χ3v) is 2.72. The second kappa shape index (κ2) is 7.25. The van der Waals surface area contributed by atoms with Crippen LogP contribution in [0.5, 0.6) is 0 Å². The highest BCUT2D eigenvalue weighted by Crippen LogP contribution is 2.01. The van der Waals surface area contributed by atoms with Gasteiger partial charge in [0.1, 0.15) is 5.76 Å². The molecule has 1 heterocycles. The summed E-state index contributed by atoms with van der Waals surface area (Å²) in [6.45, 7) is 0.571. The zero-order chi connectivity index (χ0) is 14.2. The Hall–Kier alpha value is -2.40. The van der Waals surface area contributed by atoms with E-state index < -0.39 is 0 Å². The lowest BCUT2D eigenvalue weighted by Crippen LogP contribution is -2.37. The summed E-state index contributed by atoms with van der Waals surface area (Å²) in [4.78, 5) is 11.6. The van der Waals surface area contributed by atoms with Crippen molar-refractivity contribution in [3.05, 3.63) is 66.1 Å². The third kappa shape index (κ3) is 4.70. The lowest BCUT2D eigenvalue weighted by molar-refractivity contribution is -0.115. The second-order valence-corrected chi connectivity index (χ2v) is 4.41. The maximum atomic E-state index is 11.6. The summed E-state index contributed by atoms with van der Waals surface area (Å²) >= 11 is 5.04. The number of hydrogen-bond donors (Lipinski definition) is 2. The maximum Gasteiger partial charge on any atom is 0.250 e. The summed E-state index contributed by atoms with van der Waals surface area (Å²) in [7, 11) is 0. The van der Waals surface area contributed by atoms with Gasteiger partial charge in [-0.3, -0.25) is 10.1 Å². The summed E-state index contributed by atoms with van der Waals surface area (Å²) < 4.78 is 5.08. The van der Waals surface area contributed by atoms with Gasteiger partial charge in [-0.05, 0) is 36.0 Å². The topological polar surface area (TPSA) is 54.3 Å². The summed E-state index contributed by atoms with van der Waals surface area (Å²) in [6.07, 6.45) is 4.49. The Balaban J connectivity index is 1.75. The summed E-state index contributed by atoms with van der Waals surface area (Å²) in [5, 5.41) is 5.83. The fraction of sp³-hybridized carbons (Fsp3) is 0.0667. The van der Waals surface area contributed by atoms with Crippen molar-refractivity contribution in [1.29, 1.82) is 0 Å². The summed E-state index contributed by atoms with van der Waals surface area (Å²) in [6, 6.07) is 13.3. The van der Waals surface area contributed by atoms with Gasteiger partial charge in [0, 0.05) is 12.6 Å². The highest BCUT2D eigenvalue weighted by molar-refractivity contribution is 7.80. The van der Waals surface area contributed by atoms with Crippen LogP contribution in [0.1, 0.15) is 11.3 Å². The first kappa shape index (κ1) is 14.0. The molecule has 0 fully saturated rings. The van der Waals surface area contributed by atoms with Gasteiger partial charge >= 0.3 is 0 Å². The van der Waals surface area contributed by atoms with Crippen LogP contribution in [0, 0.1) is 0 Å². The van der Waals surface area contributed by atoms with Gasteiger partial charge in [0.25, 0.3) is 0 Å². The second-order valence-electron chi connectivity index (χ2n) is 4.01. The molecule has 1 aromatic carbocycles. The molecular formula is C15H14N2O2S. The minimum absolute atomic E-state index is 0.294. The van der Waals surface area contributed by atoms with Crippen LogP contribution in [0.2, 0.25) is 0 Å². The molecule has 0 aliphatic rings. The van der Waals surface area contributed by atoms with Crippen molar-refractivity contribution >= 4 is 29.3 Å². The number of furan rings is 1. The van der Waals surface area contributed by atoms with E-state index in [2.05, 4.69) is 10.6 Å². The van der Waals surface area contributed by atoms with Crippen LogP contribution >= 0.6 is 12.2 Å². The van der Waals surface area contributed by atoms with Crippen molar-refractivity contribution in [2.45, 2.75) is 6.54 Å². The van der Waals surface area contributed by atoms with Gasteiger partial charge in [-0.25, -0.2) is 0 Å². The summed E-state index contributed by atoms with van der Waals surface area (Å²) in [5.74, 6) is 0.315. The first-order valence-corrected chi connectivity index (χ1v) is 6.49. The predicted octanol–water partition coefficient (Wildman–Crippen LogP) is 2.48. The minimum atomic E-state index is -0.299. The van der Waals surface area contributed by atoms with Crippen LogP contribution in [0.25, 0.3) is 6.08 Å². The van der Waals surface area contributed by atoms with Crippen molar-refractivity contribution in [3.63, 3.8) is 0 Å². The SMILES string of the molecule is O=C(C=Cc1ccco1)NC(=S)NCc1ccccc1. The Labute approximate surface area is 122 Å². The van der Waals surface area contributed by atoms with Gasteiger partial charge in [0.15, 0.2) is 5.11 Å². The van der Waals surface area contributed by atoms with Crippen LogP contribution in [0.4, 0.5) is 0 Å². The molecule has 5 heteroatoms. The highest BCUT2D eigenvalue weighted by Gasteiger charge is 2.00. The zero-order valence-electron chi connectivity index (χ0n) is 10.7. The number of carbonyl (C=O) groups is 1. The molecule has 0 bridgehead atoms. The summed E-state index contributed by atoms with van der Waals surface area (Å²) in [5.41, 5.74) is 1.09. The van der Waals surface area contributed by atoms with Crippen molar-refractivity contribution < 1.29 is 9.21 Å². The smallest absolute Gasteiger partial charge is 0.250 e. The Bertz CT molecular complexity index is 592. The molecule has 0 atom stereocenters. The van der Waals surface area contributed by atoms with Gasteiger partial charge in [-0.15, -0.1) is 0 Å². The van der Waals surface area contributed by atoms with E-state index in [0.29, 0.717) is 17.4 Å². The van der Waals surface area contributed by atoms with E-state index in [1.54, 1.807) is 24.5 Å². The highest BCUT2D eigenvalue weighted by atomic mass is 32.1. The van der Waals surface area contributed by atoms with Crippen molar-refractivity contribution in [3.8, 4) is 0 Å². The largest absolute Gasteiger partial charge is 0.465 e. The first-order chi connectivity index (χ1) is 9.74. The molecule has 1 aromatic heterocycles. The number of thiocarbonyl (C=S) groups is 1. The van der Waals surface area contributed by atoms with E-state index in [1.807, 2.05) is 30.3 Å². The van der Waals surface area contributed by atoms with E-state index in [-0.39, 0.29) is 5.91 Å². The first-order valence-electron chi connectivity index (χ1n) is 6.08. The molecule has 0 spiro atoms. The Kier molecular flexibility index (Phi) is 5.08. The molecule has 0 saturated heterocycles. The predicted molar refractivity (Wildman–Crippen MR) is 81.8 cm³/mol. The van der Waals surface area contributed by atoms with Crippen LogP contribution in [-0.4, -0.2) is 11.0 Å². The monoisotopic (exact) mass is 286 g/mol. The molecule has 2 N–H and O–H groups in total. The van der Waals surface area contributed by atoms with Gasteiger partial charge in [-0.1, -0.05) is 30.3 Å². The lowest BCUT2D eigenvalue weighted by Gasteiger charge is -2.07. The Morgan fingerprint density at radius 3 is 2.70 bits per heavy atom. The maximum absolute atomic E-state index is 11.6. The average molecular weight is 286 g/mol. The fourth-order valence-corrected chi connectivity index (χ4v) is 1.69. The molecule has 0 saturated carbocycles. The third-order valence-electron chi connectivity index (χ3n) is 2.47. The number of amides is 1. The number of hydrogen-bond acceptors (Lipinski definition) is 3. The number of rotatable bonds is 4. The molecular weight excluding hydrogens is 272 g/mol. The van der Waals surface area contributed by atoms with Gasteiger partial charge in [0.2, 0.25) is 5.91 Å². The normalized spacial score (nSPS) is 10.4. The molecule has 4 nitrogen and oxygen atoms in total. The number of carbonyl (C=O) groups excluding carboxylic acids is 1. The van der Waals surface area contributed by atoms with Crippen LogP contribution in [-0.2, 0) is 11.3 Å². The van der Waals surface area contributed by atoms with Crippen LogP contribution in [0.15, 0.2) is 59.2 Å².